The van der Waals surface area contributed by atoms with Gasteiger partial charge in [-0.25, -0.2) is 4.98 Å². The van der Waals surface area contributed by atoms with Gasteiger partial charge in [-0.3, -0.25) is 4.79 Å². The first kappa shape index (κ1) is 18.1. The van der Waals surface area contributed by atoms with Crippen LogP contribution in [0.3, 0.4) is 0 Å². The van der Waals surface area contributed by atoms with Crippen LogP contribution in [0.1, 0.15) is 29.2 Å². The number of hydrogen-bond acceptors (Lipinski definition) is 3. The van der Waals surface area contributed by atoms with Crippen molar-refractivity contribution in [2.45, 2.75) is 45.2 Å². The van der Waals surface area contributed by atoms with E-state index in [1.807, 2.05) is 23.1 Å². The highest BCUT2D eigenvalue weighted by Crippen LogP contribution is 2.33. The van der Waals surface area contributed by atoms with Gasteiger partial charge in [0.05, 0.1) is 11.3 Å². The topological polar surface area (TPSA) is 33.2 Å². The molecule has 4 heteroatoms. The van der Waals surface area contributed by atoms with E-state index in [1.165, 1.54) is 22.1 Å². The highest BCUT2D eigenvalue weighted by Gasteiger charge is 2.30. The molecule has 3 nitrogen and oxygen atoms in total. The van der Waals surface area contributed by atoms with Crippen LogP contribution in [0, 0.1) is 20.8 Å². The highest BCUT2D eigenvalue weighted by molar-refractivity contribution is 8.00. The molecule has 138 valence electrons. The fourth-order valence-electron chi connectivity index (χ4n) is 4.00. The maximum absolute atomic E-state index is 13.0. The molecule has 1 aliphatic heterocycles. The number of para-hydroxylation sites is 1. The van der Waals surface area contributed by atoms with Gasteiger partial charge in [-0.15, -0.1) is 0 Å². The van der Waals surface area contributed by atoms with E-state index in [1.54, 1.807) is 11.8 Å². The van der Waals surface area contributed by atoms with Crippen LogP contribution in [-0.4, -0.2) is 22.7 Å². The molecule has 0 radical (unpaired) electrons. The summed E-state index contributed by atoms with van der Waals surface area (Å²) in [7, 11) is 0. The third-order valence-electron chi connectivity index (χ3n) is 5.24. The Labute approximate surface area is 164 Å². The fourth-order valence-corrected chi connectivity index (χ4v) is 4.85. The quantitative estimate of drug-likeness (QED) is 0.587. The Morgan fingerprint density at radius 1 is 1.15 bits per heavy atom. The van der Waals surface area contributed by atoms with E-state index in [9.17, 15) is 4.79 Å². The lowest BCUT2D eigenvalue weighted by Gasteiger charge is -2.22. The maximum atomic E-state index is 13.0. The van der Waals surface area contributed by atoms with Gasteiger partial charge >= 0.3 is 0 Å². The number of carbonyl (C=O) groups is 1. The number of rotatable bonds is 3. The van der Waals surface area contributed by atoms with Crippen LogP contribution in [0.2, 0.25) is 0 Å². The lowest BCUT2D eigenvalue weighted by Crippen LogP contribution is -2.37. The number of aryl methyl sites for hydroxylation is 3. The molecule has 2 aromatic carbocycles. The molecule has 0 spiro atoms. The van der Waals surface area contributed by atoms with Gasteiger partial charge in [-0.1, -0.05) is 36.0 Å². The zero-order valence-electron chi connectivity index (χ0n) is 16.2. The predicted molar refractivity (Wildman–Crippen MR) is 114 cm³/mol. The van der Waals surface area contributed by atoms with Crippen LogP contribution in [0.4, 0.5) is 5.69 Å². The Hall–Kier alpha value is -2.33. The number of hydrogen-bond donors (Lipinski definition) is 0. The number of nitrogens with zero attached hydrogens (tertiary/aromatic N) is 2. The van der Waals surface area contributed by atoms with Gasteiger partial charge < -0.3 is 4.90 Å². The normalized spacial score (nSPS) is 16.0. The first-order chi connectivity index (χ1) is 12.9. The molecule has 1 amide bonds. The third kappa shape index (κ3) is 3.34. The molecule has 0 bridgehead atoms. The number of amides is 1. The number of thioether (sulfide) groups is 1. The van der Waals surface area contributed by atoms with Gasteiger partial charge in [0, 0.05) is 17.1 Å². The minimum absolute atomic E-state index is 0.152. The van der Waals surface area contributed by atoms with Crippen molar-refractivity contribution >= 4 is 34.3 Å². The number of aromatic nitrogens is 1. The average Bonchev–Trinajstić information content (AvgIpc) is 2.96. The number of carbonyl (C=O) groups excluding carboxylic acids is 1. The van der Waals surface area contributed by atoms with Crippen molar-refractivity contribution in [1.29, 1.82) is 0 Å². The fraction of sp³-hybridized carbons (Fsp3) is 0.304. The molecule has 0 fully saturated rings. The summed E-state index contributed by atoms with van der Waals surface area (Å²) in [5.41, 5.74) is 6.91. The second kappa shape index (κ2) is 7.01. The Balaban J connectivity index is 1.57. The summed E-state index contributed by atoms with van der Waals surface area (Å²) in [6.07, 6.45) is 0.929. The Morgan fingerprint density at radius 2 is 1.93 bits per heavy atom. The third-order valence-corrected chi connectivity index (χ3v) is 6.32. The zero-order valence-corrected chi connectivity index (χ0v) is 17.1. The second-order valence-electron chi connectivity index (χ2n) is 7.49. The van der Waals surface area contributed by atoms with Gasteiger partial charge in [-0.2, -0.15) is 0 Å². The average molecular weight is 377 g/mol. The molecule has 27 heavy (non-hydrogen) atoms. The summed E-state index contributed by atoms with van der Waals surface area (Å²) in [4.78, 5) is 19.8. The van der Waals surface area contributed by atoms with Crippen LogP contribution < -0.4 is 4.90 Å². The van der Waals surface area contributed by atoms with Crippen molar-refractivity contribution in [3.05, 3.63) is 64.7 Å². The van der Waals surface area contributed by atoms with E-state index >= 15 is 0 Å². The van der Waals surface area contributed by atoms with Crippen molar-refractivity contribution in [1.82, 2.24) is 4.98 Å². The lowest BCUT2D eigenvalue weighted by atomic mass is 10.1. The molecule has 0 aliphatic carbocycles. The van der Waals surface area contributed by atoms with Gasteiger partial charge in [0.2, 0.25) is 5.91 Å². The van der Waals surface area contributed by atoms with Crippen molar-refractivity contribution < 1.29 is 4.79 Å². The number of fused-ring (bicyclic) bond motifs is 2. The lowest BCUT2D eigenvalue weighted by molar-refractivity contribution is -0.116. The van der Waals surface area contributed by atoms with Gasteiger partial charge in [0.25, 0.3) is 0 Å². The van der Waals surface area contributed by atoms with Crippen LogP contribution in [0.15, 0.2) is 47.5 Å². The molecule has 0 unspecified atom stereocenters. The SMILES string of the molecule is Cc1cc(C)c2cc(C)c(SCC(=O)N3c4ccccc4C[C@@H]3C)nc2c1. The van der Waals surface area contributed by atoms with Crippen molar-refractivity contribution in [2.24, 2.45) is 0 Å². The van der Waals surface area contributed by atoms with E-state index in [0.29, 0.717) is 5.75 Å². The zero-order chi connectivity index (χ0) is 19.1. The summed E-state index contributed by atoms with van der Waals surface area (Å²) >= 11 is 1.54. The smallest absolute Gasteiger partial charge is 0.237 e. The van der Waals surface area contributed by atoms with Crippen molar-refractivity contribution in [2.75, 3.05) is 10.7 Å². The Morgan fingerprint density at radius 3 is 2.74 bits per heavy atom. The predicted octanol–water partition coefficient (Wildman–Crippen LogP) is 5.23. The molecule has 1 aromatic heterocycles. The monoisotopic (exact) mass is 376 g/mol. The first-order valence-electron chi connectivity index (χ1n) is 9.35. The number of anilines is 1. The summed E-state index contributed by atoms with van der Waals surface area (Å²) < 4.78 is 0. The van der Waals surface area contributed by atoms with Crippen LogP contribution in [0.5, 0.6) is 0 Å². The molecule has 4 rings (SSSR count). The molecule has 1 aliphatic rings. The van der Waals surface area contributed by atoms with E-state index in [4.69, 9.17) is 4.98 Å². The van der Waals surface area contributed by atoms with Crippen LogP contribution in [-0.2, 0) is 11.2 Å². The van der Waals surface area contributed by atoms with E-state index in [-0.39, 0.29) is 11.9 Å². The molecule has 2 heterocycles. The van der Waals surface area contributed by atoms with Crippen molar-refractivity contribution in [3.8, 4) is 0 Å². The minimum atomic E-state index is 0.152. The van der Waals surface area contributed by atoms with Gasteiger partial charge in [0.1, 0.15) is 5.03 Å². The molecule has 3 aromatic rings. The minimum Gasteiger partial charge on any atom is -0.308 e. The molecule has 0 saturated carbocycles. The van der Waals surface area contributed by atoms with E-state index in [2.05, 4.69) is 52.0 Å². The summed E-state index contributed by atoms with van der Waals surface area (Å²) in [6, 6.07) is 14.9. The summed E-state index contributed by atoms with van der Waals surface area (Å²) in [6.45, 7) is 8.41. The Kier molecular flexibility index (Phi) is 4.68. The molecular weight excluding hydrogens is 352 g/mol. The van der Waals surface area contributed by atoms with E-state index < -0.39 is 0 Å². The number of benzene rings is 2. The molecular formula is C23H24N2OS. The van der Waals surface area contributed by atoms with Crippen LogP contribution >= 0.6 is 11.8 Å². The van der Waals surface area contributed by atoms with Gasteiger partial charge in [0.15, 0.2) is 0 Å². The molecule has 1 atom stereocenters. The second-order valence-corrected chi connectivity index (χ2v) is 8.46. The first-order valence-corrected chi connectivity index (χ1v) is 10.3. The summed E-state index contributed by atoms with van der Waals surface area (Å²) in [5.74, 6) is 0.558. The van der Waals surface area contributed by atoms with Gasteiger partial charge in [-0.05, 0) is 74.6 Å². The van der Waals surface area contributed by atoms with E-state index in [0.717, 1.165) is 28.2 Å². The van der Waals surface area contributed by atoms with Crippen molar-refractivity contribution in [3.63, 3.8) is 0 Å². The van der Waals surface area contributed by atoms with Crippen LogP contribution in [0.25, 0.3) is 10.9 Å². The molecule has 0 saturated heterocycles. The molecule has 0 N–H and O–H groups in total. The number of pyridine rings is 1. The Bertz CT molecular complexity index is 1040. The summed E-state index contributed by atoms with van der Waals surface area (Å²) in [5, 5.41) is 2.14. The maximum Gasteiger partial charge on any atom is 0.237 e. The largest absolute Gasteiger partial charge is 0.308 e. The standard InChI is InChI=1S/C23H24N2OS/c1-14-9-15(2)19-11-16(3)23(24-20(19)10-14)27-13-22(26)25-17(4)12-18-7-5-6-8-21(18)25/h5-11,17H,12-13H2,1-4H3/t17-/m0/s1. The highest BCUT2D eigenvalue weighted by atomic mass is 32.2.